The summed E-state index contributed by atoms with van der Waals surface area (Å²) in [6.07, 6.45) is 0.926. The van der Waals surface area contributed by atoms with Crippen LogP contribution in [0.4, 0.5) is 5.69 Å². The van der Waals surface area contributed by atoms with Crippen molar-refractivity contribution in [2.75, 3.05) is 18.5 Å². The minimum Gasteiger partial charge on any atom is -0.490 e. The maximum Gasteiger partial charge on any atom is 0.163 e. The van der Waals surface area contributed by atoms with Crippen molar-refractivity contribution in [3.8, 4) is 11.5 Å². The number of hydrogen-bond donors (Lipinski definition) is 1. The van der Waals surface area contributed by atoms with Crippen LogP contribution in [-0.4, -0.2) is 18.2 Å². The molecule has 20 heavy (non-hydrogen) atoms. The van der Waals surface area contributed by atoms with Crippen molar-refractivity contribution >= 4 is 17.0 Å². The van der Waals surface area contributed by atoms with Crippen molar-refractivity contribution in [2.45, 2.75) is 26.8 Å². The van der Waals surface area contributed by atoms with E-state index in [0.29, 0.717) is 6.61 Å². The van der Waals surface area contributed by atoms with Gasteiger partial charge in [-0.25, -0.2) is 4.98 Å². The Hall–Kier alpha value is -1.75. The first-order chi connectivity index (χ1) is 9.72. The Kier molecular flexibility index (Phi) is 3.78. The molecule has 0 aliphatic carbocycles. The van der Waals surface area contributed by atoms with Gasteiger partial charge in [-0.05, 0) is 26.0 Å². The van der Waals surface area contributed by atoms with Crippen molar-refractivity contribution in [3.05, 3.63) is 33.8 Å². The molecule has 0 bridgehead atoms. The normalized spacial score (nSPS) is 13.9. The molecule has 1 N–H and O–H groups in total. The van der Waals surface area contributed by atoms with Gasteiger partial charge in [-0.3, -0.25) is 0 Å². The van der Waals surface area contributed by atoms with Gasteiger partial charge in [0.1, 0.15) is 5.01 Å². The fourth-order valence-corrected chi connectivity index (χ4v) is 2.94. The summed E-state index contributed by atoms with van der Waals surface area (Å²) >= 11 is 1.74. The molecule has 0 fully saturated rings. The molecule has 0 unspecified atom stereocenters. The van der Waals surface area contributed by atoms with Gasteiger partial charge in [-0.15, -0.1) is 11.3 Å². The molecule has 0 amide bonds. The molecule has 4 nitrogen and oxygen atoms in total. The number of nitrogens with zero attached hydrogens (tertiary/aromatic N) is 1. The van der Waals surface area contributed by atoms with Crippen molar-refractivity contribution in [1.29, 1.82) is 0 Å². The van der Waals surface area contributed by atoms with Crippen molar-refractivity contribution < 1.29 is 9.47 Å². The quantitative estimate of drug-likeness (QED) is 0.939. The Morgan fingerprint density at radius 1 is 1.20 bits per heavy atom. The second kappa shape index (κ2) is 5.71. The highest BCUT2D eigenvalue weighted by Gasteiger charge is 2.11. The van der Waals surface area contributed by atoms with E-state index in [4.69, 9.17) is 9.47 Å². The zero-order valence-electron chi connectivity index (χ0n) is 11.7. The van der Waals surface area contributed by atoms with E-state index in [1.54, 1.807) is 11.3 Å². The van der Waals surface area contributed by atoms with Crippen LogP contribution >= 0.6 is 11.3 Å². The fraction of sp³-hybridized carbons (Fsp3) is 0.400. The van der Waals surface area contributed by atoms with Crippen LogP contribution in [0.2, 0.25) is 0 Å². The first-order valence-electron chi connectivity index (χ1n) is 6.79. The highest BCUT2D eigenvalue weighted by Crippen LogP contribution is 2.32. The van der Waals surface area contributed by atoms with Crippen LogP contribution in [0.1, 0.15) is 22.0 Å². The summed E-state index contributed by atoms with van der Waals surface area (Å²) in [7, 11) is 0. The Morgan fingerprint density at radius 2 is 2.00 bits per heavy atom. The van der Waals surface area contributed by atoms with E-state index >= 15 is 0 Å². The van der Waals surface area contributed by atoms with Crippen molar-refractivity contribution in [3.63, 3.8) is 0 Å². The molecule has 1 aliphatic rings. The largest absolute Gasteiger partial charge is 0.490 e. The molecule has 5 heteroatoms. The third kappa shape index (κ3) is 2.88. The first kappa shape index (κ1) is 13.2. The summed E-state index contributed by atoms with van der Waals surface area (Å²) < 4.78 is 11.3. The molecule has 0 radical (unpaired) electrons. The van der Waals surface area contributed by atoms with Crippen LogP contribution in [0.5, 0.6) is 11.5 Å². The van der Waals surface area contributed by atoms with Gasteiger partial charge >= 0.3 is 0 Å². The van der Waals surface area contributed by atoms with E-state index in [0.717, 1.165) is 47.5 Å². The van der Waals surface area contributed by atoms with Gasteiger partial charge < -0.3 is 14.8 Å². The number of aryl methyl sites for hydroxylation is 2. The van der Waals surface area contributed by atoms with Gasteiger partial charge in [0.2, 0.25) is 0 Å². The molecule has 0 saturated carbocycles. The average Bonchev–Trinajstić information content (AvgIpc) is 2.66. The van der Waals surface area contributed by atoms with E-state index in [-0.39, 0.29) is 0 Å². The lowest BCUT2D eigenvalue weighted by molar-refractivity contribution is 0.297. The summed E-state index contributed by atoms with van der Waals surface area (Å²) in [4.78, 5) is 5.81. The third-order valence-corrected chi connectivity index (χ3v) is 4.34. The number of hydrogen-bond acceptors (Lipinski definition) is 5. The van der Waals surface area contributed by atoms with E-state index in [1.165, 1.54) is 4.88 Å². The lowest BCUT2D eigenvalue weighted by Gasteiger charge is -2.10. The highest BCUT2D eigenvalue weighted by atomic mass is 32.1. The molecule has 1 aliphatic heterocycles. The van der Waals surface area contributed by atoms with Crippen LogP contribution in [0.3, 0.4) is 0 Å². The molecular weight excluding hydrogens is 272 g/mol. The van der Waals surface area contributed by atoms with Crippen molar-refractivity contribution in [2.24, 2.45) is 0 Å². The van der Waals surface area contributed by atoms with E-state index in [9.17, 15) is 0 Å². The number of ether oxygens (including phenoxy) is 2. The summed E-state index contributed by atoms with van der Waals surface area (Å²) in [5, 5.41) is 4.49. The zero-order chi connectivity index (χ0) is 13.9. The monoisotopic (exact) mass is 290 g/mol. The summed E-state index contributed by atoms with van der Waals surface area (Å²) in [5.41, 5.74) is 2.14. The summed E-state index contributed by atoms with van der Waals surface area (Å²) in [5.74, 6) is 1.65. The Bertz CT molecular complexity index is 590. The minimum absolute atomic E-state index is 0.710. The Balaban J connectivity index is 1.70. The van der Waals surface area contributed by atoms with Gasteiger partial charge in [0.15, 0.2) is 11.5 Å². The topological polar surface area (TPSA) is 43.4 Å². The smallest absolute Gasteiger partial charge is 0.163 e. The molecule has 106 valence electrons. The number of rotatable bonds is 3. The van der Waals surface area contributed by atoms with E-state index < -0.39 is 0 Å². The van der Waals surface area contributed by atoms with Crippen LogP contribution in [0, 0.1) is 13.8 Å². The van der Waals surface area contributed by atoms with Crippen molar-refractivity contribution in [1.82, 2.24) is 4.98 Å². The van der Waals surface area contributed by atoms with Gasteiger partial charge in [-0.2, -0.15) is 0 Å². The van der Waals surface area contributed by atoms with Crippen LogP contribution in [0.15, 0.2) is 18.2 Å². The molecule has 2 aromatic rings. The van der Waals surface area contributed by atoms with E-state index in [1.807, 2.05) is 25.1 Å². The first-order valence-corrected chi connectivity index (χ1v) is 7.60. The number of aromatic nitrogens is 1. The maximum atomic E-state index is 5.69. The molecule has 3 rings (SSSR count). The predicted octanol–water partition coefficient (Wildman–Crippen LogP) is 3.53. The third-order valence-electron chi connectivity index (χ3n) is 3.26. The van der Waals surface area contributed by atoms with E-state index in [2.05, 4.69) is 17.2 Å². The summed E-state index contributed by atoms with van der Waals surface area (Å²) in [6.45, 7) is 6.31. The number of anilines is 1. The second-order valence-electron chi connectivity index (χ2n) is 4.81. The number of nitrogens with one attached hydrogen (secondary N) is 1. The molecule has 2 heterocycles. The lowest BCUT2D eigenvalue weighted by atomic mass is 10.2. The molecule has 0 atom stereocenters. The second-order valence-corrected chi connectivity index (χ2v) is 6.10. The van der Waals surface area contributed by atoms with Crippen LogP contribution in [0.25, 0.3) is 0 Å². The highest BCUT2D eigenvalue weighted by molar-refractivity contribution is 7.11. The number of benzene rings is 1. The Morgan fingerprint density at radius 3 is 2.75 bits per heavy atom. The summed E-state index contributed by atoms with van der Waals surface area (Å²) in [6, 6.07) is 5.97. The van der Waals surface area contributed by atoms with Crippen LogP contribution in [-0.2, 0) is 6.54 Å². The molecule has 1 aromatic carbocycles. The van der Waals surface area contributed by atoms with Gasteiger partial charge in [-0.1, -0.05) is 0 Å². The number of fused-ring (bicyclic) bond motifs is 1. The predicted molar refractivity (Wildman–Crippen MR) is 81.0 cm³/mol. The van der Waals surface area contributed by atoms with Gasteiger partial charge in [0.05, 0.1) is 25.5 Å². The molecule has 0 spiro atoms. The molecular formula is C15H18N2O2S. The number of thiazole rings is 1. The van der Waals surface area contributed by atoms with Gasteiger partial charge in [0.25, 0.3) is 0 Å². The standard InChI is InChI=1S/C15H18N2O2S/c1-10-11(2)20-15(17-10)9-16-12-4-5-13-14(8-12)19-7-3-6-18-13/h4-5,8,16H,3,6-7,9H2,1-2H3. The lowest BCUT2D eigenvalue weighted by Crippen LogP contribution is -2.00. The zero-order valence-corrected chi connectivity index (χ0v) is 12.5. The SMILES string of the molecule is Cc1nc(CNc2ccc3c(c2)OCCCO3)sc1C. The van der Waals surface area contributed by atoms with Crippen LogP contribution < -0.4 is 14.8 Å². The maximum absolute atomic E-state index is 5.69. The van der Waals surface area contributed by atoms with Gasteiger partial charge in [0, 0.05) is 23.1 Å². The minimum atomic E-state index is 0.710. The average molecular weight is 290 g/mol. The molecule has 0 saturated heterocycles. The molecule has 1 aromatic heterocycles. The Labute approximate surface area is 122 Å². The fourth-order valence-electron chi connectivity index (χ4n) is 2.07.